The van der Waals surface area contributed by atoms with Crippen molar-refractivity contribution >= 4 is 27.5 Å². The van der Waals surface area contributed by atoms with Crippen LogP contribution in [0, 0.1) is 11.7 Å². The van der Waals surface area contributed by atoms with Gasteiger partial charge in [-0.1, -0.05) is 49.7 Å². The van der Waals surface area contributed by atoms with E-state index in [9.17, 15) is 17.6 Å². The molecule has 0 spiro atoms. The Balaban J connectivity index is 1.83. The summed E-state index contributed by atoms with van der Waals surface area (Å²) < 4.78 is 41.7. The maximum Gasteiger partial charge on any atom is 0.253 e. The van der Waals surface area contributed by atoms with Gasteiger partial charge < -0.3 is 5.32 Å². The lowest BCUT2D eigenvalue weighted by Gasteiger charge is -2.16. The van der Waals surface area contributed by atoms with Crippen molar-refractivity contribution in [1.82, 2.24) is 10.0 Å². The van der Waals surface area contributed by atoms with Gasteiger partial charge in [-0.25, -0.2) is 17.5 Å². The minimum Gasteiger partial charge on any atom is -0.345 e. The molecule has 29 heavy (non-hydrogen) atoms. The molecule has 0 aromatic heterocycles. The fraction of sp³-hybridized carbons (Fsp3) is 0.381. The Kier molecular flexibility index (Phi) is 6.61. The fourth-order valence-corrected chi connectivity index (χ4v) is 4.78. The Bertz CT molecular complexity index is 1020. The molecule has 2 aromatic rings. The van der Waals surface area contributed by atoms with E-state index in [0.717, 1.165) is 30.5 Å². The minimum atomic E-state index is -4.10. The third-order valence-corrected chi connectivity index (χ3v) is 6.80. The van der Waals surface area contributed by atoms with Crippen molar-refractivity contribution in [3.05, 3.63) is 63.9 Å². The molecular formula is C21H24ClFN2O3S. The maximum absolute atomic E-state index is 14.3. The Hall–Kier alpha value is -1.96. The molecule has 156 valence electrons. The largest absolute Gasteiger partial charge is 0.345 e. The Labute approximate surface area is 175 Å². The highest BCUT2D eigenvalue weighted by Crippen LogP contribution is 2.32. The van der Waals surface area contributed by atoms with E-state index < -0.39 is 26.6 Å². The van der Waals surface area contributed by atoms with Gasteiger partial charge in [-0.05, 0) is 48.4 Å². The molecule has 0 heterocycles. The summed E-state index contributed by atoms with van der Waals surface area (Å²) in [5.74, 6) is -1.23. The number of hydrogen-bond acceptors (Lipinski definition) is 3. The zero-order valence-electron chi connectivity index (χ0n) is 16.3. The van der Waals surface area contributed by atoms with Crippen LogP contribution >= 0.6 is 11.6 Å². The molecule has 1 aliphatic rings. The van der Waals surface area contributed by atoms with E-state index >= 15 is 0 Å². The third-order valence-electron chi connectivity index (χ3n) is 5.01. The van der Waals surface area contributed by atoms with E-state index in [-0.39, 0.29) is 23.2 Å². The van der Waals surface area contributed by atoms with E-state index in [0.29, 0.717) is 12.3 Å². The first-order valence-corrected chi connectivity index (χ1v) is 11.4. The van der Waals surface area contributed by atoms with Crippen LogP contribution in [0.3, 0.4) is 0 Å². The van der Waals surface area contributed by atoms with Crippen molar-refractivity contribution in [1.29, 1.82) is 0 Å². The SMILES string of the molecule is CC(C)CCNS(=O)(=O)c1cc(C(=O)NC2CCc3ccccc32)c(Cl)cc1F. The average molecular weight is 439 g/mol. The number of halogens is 2. The molecule has 0 fully saturated rings. The molecule has 5 nitrogen and oxygen atoms in total. The highest BCUT2D eigenvalue weighted by molar-refractivity contribution is 7.89. The topological polar surface area (TPSA) is 75.3 Å². The number of amides is 1. The van der Waals surface area contributed by atoms with Gasteiger partial charge in [-0.15, -0.1) is 0 Å². The normalized spacial score (nSPS) is 16.1. The minimum absolute atomic E-state index is 0.0679. The number of nitrogens with one attached hydrogen (secondary N) is 2. The fourth-order valence-electron chi connectivity index (χ4n) is 3.41. The van der Waals surface area contributed by atoms with Crippen molar-refractivity contribution in [3.8, 4) is 0 Å². The molecule has 2 aromatic carbocycles. The zero-order valence-corrected chi connectivity index (χ0v) is 17.9. The lowest BCUT2D eigenvalue weighted by atomic mass is 10.1. The number of carbonyl (C=O) groups is 1. The molecule has 0 saturated carbocycles. The highest BCUT2D eigenvalue weighted by atomic mass is 35.5. The molecule has 3 rings (SSSR count). The number of rotatable bonds is 7. The van der Waals surface area contributed by atoms with Crippen LogP contribution in [0.15, 0.2) is 41.3 Å². The zero-order chi connectivity index (χ0) is 21.2. The van der Waals surface area contributed by atoms with Gasteiger partial charge in [0.1, 0.15) is 10.7 Å². The first kappa shape index (κ1) is 21.7. The summed E-state index contributed by atoms with van der Waals surface area (Å²) in [4.78, 5) is 12.2. The van der Waals surface area contributed by atoms with Crippen LogP contribution in [-0.4, -0.2) is 20.9 Å². The first-order valence-electron chi connectivity index (χ1n) is 9.56. The van der Waals surface area contributed by atoms with Gasteiger partial charge in [0.25, 0.3) is 5.91 Å². The van der Waals surface area contributed by atoms with Gasteiger partial charge in [0.05, 0.1) is 16.6 Å². The quantitative estimate of drug-likeness (QED) is 0.679. The van der Waals surface area contributed by atoms with E-state index in [2.05, 4.69) is 10.0 Å². The monoisotopic (exact) mass is 438 g/mol. The summed E-state index contributed by atoms with van der Waals surface area (Å²) in [5, 5.41) is 2.76. The molecule has 1 atom stereocenters. The van der Waals surface area contributed by atoms with E-state index in [1.807, 2.05) is 38.1 Å². The van der Waals surface area contributed by atoms with Gasteiger partial charge in [0.2, 0.25) is 10.0 Å². The maximum atomic E-state index is 14.3. The van der Waals surface area contributed by atoms with Gasteiger partial charge in [-0.3, -0.25) is 4.79 Å². The highest BCUT2D eigenvalue weighted by Gasteiger charge is 2.27. The van der Waals surface area contributed by atoms with Crippen LogP contribution in [0.2, 0.25) is 5.02 Å². The predicted molar refractivity (Wildman–Crippen MR) is 111 cm³/mol. The Morgan fingerprint density at radius 2 is 2.00 bits per heavy atom. The lowest BCUT2D eigenvalue weighted by molar-refractivity contribution is 0.0936. The number of sulfonamides is 1. The molecule has 8 heteroatoms. The van der Waals surface area contributed by atoms with Crippen LogP contribution in [0.25, 0.3) is 0 Å². The van der Waals surface area contributed by atoms with Crippen molar-refractivity contribution in [3.63, 3.8) is 0 Å². The predicted octanol–water partition coefficient (Wildman–Crippen LogP) is 4.22. The smallest absolute Gasteiger partial charge is 0.253 e. The first-order chi connectivity index (χ1) is 13.7. The van der Waals surface area contributed by atoms with Crippen molar-refractivity contribution in [2.75, 3.05) is 6.54 Å². The van der Waals surface area contributed by atoms with Crippen molar-refractivity contribution in [2.45, 2.75) is 44.0 Å². The van der Waals surface area contributed by atoms with Crippen molar-refractivity contribution in [2.24, 2.45) is 5.92 Å². The van der Waals surface area contributed by atoms with E-state index in [1.165, 1.54) is 5.56 Å². The molecule has 0 saturated heterocycles. The molecule has 1 amide bonds. The summed E-state index contributed by atoms with van der Waals surface area (Å²) in [6.45, 7) is 4.10. The standard InChI is InChI=1S/C21H24ClFN2O3S/c1-13(2)9-10-24-29(27,28)20-11-16(17(22)12-18(20)23)21(26)25-19-8-7-14-5-3-4-6-15(14)19/h3-6,11-13,19,24H,7-10H2,1-2H3,(H,25,26). The second-order valence-corrected chi connectivity index (χ2v) is 9.75. The molecule has 0 radical (unpaired) electrons. The summed E-state index contributed by atoms with van der Waals surface area (Å²) in [7, 11) is -4.10. The van der Waals surface area contributed by atoms with E-state index in [1.54, 1.807) is 0 Å². The number of aryl methyl sites for hydroxylation is 1. The van der Waals surface area contributed by atoms with Crippen LogP contribution < -0.4 is 10.0 Å². The Morgan fingerprint density at radius 1 is 1.28 bits per heavy atom. The van der Waals surface area contributed by atoms with Gasteiger partial charge in [0, 0.05) is 6.54 Å². The molecule has 1 aliphatic carbocycles. The average Bonchev–Trinajstić information content (AvgIpc) is 3.04. The van der Waals surface area contributed by atoms with E-state index in [4.69, 9.17) is 11.6 Å². The van der Waals surface area contributed by atoms with Crippen LogP contribution in [0.1, 0.15) is 54.2 Å². The van der Waals surface area contributed by atoms with Crippen LogP contribution in [0.4, 0.5) is 4.39 Å². The van der Waals surface area contributed by atoms with Crippen LogP contribution in [0.5, 0.6) is 0 Å². The molecule has 2 N–H and O–H groups in total. The molecule has 1 unspecified atom stereocenters. The number of benzene rings is 2. The Morgan fingerprint density at radius 3 is 2.72 bits per heavy atom. The van der Waals surface area contributed by atoms with Crippen LogP contribution in [-0.2, 0) is 16.4 Å². The molecule has 0 aliphatic heterocycles. The second-order valence-electron chi connectivity index (χ2n) is 7.61. The lowest BCUT2D eigenvalue weighted by Crippen LogP contribution is -2.29. The summed E-state index contributed by atoms with van der Waals surface area (Å²) in [6, 6.07) is 9.50. The van der Waals surface area contributed by atoms with Gasteiger partial charge in [0.15, 0.2) is 0 Å². The number of fused-ring (bicyclic) bond motifs is 1. The van der Waals surface area contributed by atoms with Gasteiger partial charge >= 0.3 is 0 Å². The molecular weight excluding hydrogens is 415 g/mol. The summed E-state index contributed by atoms with van der Waals surface area (Å²) in [6.07, 6.45) is 2.20. The third kappa shape index (κ3) is 4.97. The summed E-state index contributed by atoms with van der Waals surface area (Å²) in [5.41, 5.74) is 2.13. The summed E-state index contributed by atoms with van der Waals surface area (Å²) >= 11 is 6.06. The number of hydrogen-bond donors (Lipinski definition) is 2. The van der Waals surface area contributed by atoms with Crippen molar-refractivity contribution < 1.29 is 17.6 Å². The second kappa shape index (κ2) is 8.81. The molecule has 0 bridgehead atoms. The number of carbonyl (C=O) groups excluding carboxylic acids is 1. The van der Waals surface area contributed by atoms with Gasteiger partial charge in [-0.2, -0.15) is 0 Å².